The van der Waals surface area contributed by atoms with Gasteiger partial charge in [0.2, 0.25) is 0 Å². The molecule has 4 nitrogen and oxygen atoms in total. The second kappa shape index (κ2) is 3.95. The minimum absolute atomic E-state index is 0.115. The molecule has 0 radical (unpaired) electrons. The zero-order valence-electron chi connectivity index (χ0n) is 10.4. The highest BCUT2D eigenvalue weighted by atomic mass is 16.4. The van der Waals surface area contributed by atoms with Crippen LogP contribution in [0.2, 0.25) is 0 Å². The van der Waals surface area contributed by atoms with Crippen LogP contribution in [0, 0.1) is 5.41 Å². The Morgan fingerprint density at radius 1 is 1.47 bits per heavy atom. The first-order chi connectivity index (χ1) is 7.91. The van der Waals surface area contributed by atoms with Gasteiger partial charge >= 0.3 is 5.97 Å². The number of nitrogens with zero attached hydrogens (tertiary/aromatic N) is 1. The van der Waals surface area contributed by atoms with E-state index in [1.807, 2.05) is 18.0 Å². The van der Waals surface area contributed by atoms with Crippen LogP contribution in [0.15, 0.2) is 18.2 Å². The van der Waals surface area contributed by atoms with Crippen LogP contribution >= 0.6 is 0 Å². The van der Waals surface area contributed by atoms with E-state index in [1.165, 1.54) is 0 Å². The smallest absolute Gasteiger partial charge is 0.337 e. The zero-order valence-corrected chi connectivity index (χ0v) is 10.4. The molecule has 0 aromatic heterocycles. The first-order valence-corrected chi connectivity index (χ1v) is 5.72. The van der Waals surface area contributed by atoms with Gasteiger partial charge in [0, 0.05) is 20.1 Å². The summed E-state index contributed by atoms with van der Waals surface area (Å²) in [4.78, 5) is 13.3. The Hall–Kier alpha value is -1.71. The van der Waals surface area contributed by atoms with Crippen molar-refractivity contribution >= 4 is 17.3 Å². The summed E-state index contributed by atoms with van der Waals surface area (Å²) in [5.41, 5.74) is 2.16. The number of hydrogen-bond acceptors (Lipinski definition) is 3. The Balaban J connectivity index is 2.52. The summed E-state index contributed by atoms with van der Waals surface area (Å²) >= 11 is 0. The number of para-hydroxylation sites is 1. The number of carbonyl (C=O) groups is 1. The first-order valence-electron chi connectivity index (χ1n) is 5.72. The molecule has 1 aromatic rings. The molecule has 17 heavy (non-hydrogen) atoms. The van der Waals surface area contributed by atoms with Gasteiger partial charge in [0.05, 0.1) is 16.9 Å². The SMILES string of the molecule is CN1CC(C)(C)CNc2cccc(C(=O)O)c21. The van der Waals surface area contributed by atoms with Gasteiger partial charge in [-0.25, -0.2) is 4.79 Å². The van der Waals surface area contributed by atoms with Crippen molar-refractivity contribution in [3.8, 4) is 0 Å². The van der Waals surface area contributed by atoms with E-state index in [2.05, 4.69) is 19.2 Å². The maximum atomic E-state index is 11.2. The van der Waals surface area contributed by atoms with Crippen molar-refractivity contribution in [3.05, 3.63) is 23.8 Å². The van der Waals surface area contributed by atoms with Crippen molar-refractivity contribution in [2.24, 2.45) is 5.41 Å². The molecular weight excluding hydrogens is 216 g/mol. The molecule has 1 aromatic carbocycles. The van der Waals surface area contributed by atoms with Crippen LogP contribution in [0.4, 0.5) is 11.4 Å². The second-order valence-corrected chi connectivity index (χ2v) is 5.38. The highest BCUT2D eigenvalue weighted by Crippen LogP contribution is 2.35. The molecule has 0 spiro atoms. The molecule has 0 bridgehead atoms. The third-order valence-corrected chi connectivity index (χ3v) is 3.07. The Labute approximate surface area is 101 Å². The summed E-state index contributed by atoms with van der Waals surface area (Å²) in [6, 6.07) is 5.36. The number of rotatable bonds is 1. The highest BCUT2D eigenvalue weighted by Gasteiger charge is 2.28. The average Bonchev–Trinajstić information content (AvgIpc) is 2.35. The summed E-state index contributed by atoms with van der Waals surface area (Å²) < 4.78 is 0. The van der Waals surface area contributed by atoms with Crippen molar-refractivity contribution in [1.82, 2.24) is 0 Å². The molecule has 1 aliphatic heterocycles. The van der Waals surface area contributed by atoms with Crippen LogP contribution in [0.3, 0.4) is 0 Å². The van der Waals surface area contributed by atoms with Gasteiger partial charge in [0.1, 0.15) is 0 Å². The fourth-order valence-electron chi connectivity index (χ4n) is 2.38. The predicted molar refractivity (Wildman–Crippen MR) is 68.9 cm³/mol. The van der Waals surface area contributed by atoms with Crippen LogP contribution < -0.4 is 10.2 Å². The maximum absolute atomic E-state index is 11.2. The molecule has 0 saturated carbocycles. The Kier molecular flexibility index (Phi) is 2.73. The summed E-state index contributed by atoms with van der Waals surface area (Å²) in [7, 11) is 1.94. The molecule has 2 rings (SSSR count). The maximum Gasteiger partial charge on any atom is 0.337 e. The van der Waals surface area contributed by atoms with Crippen molar-refractivity contribution in [2.75, 3.05) is 30.4 Å². The summed E-state index contributed by atoms with van der Waals surface area (Å²) in [5.74, 6) is -0.879. The fourth-order valence-corrected chi connectivity index (χ4v) is 2.38. The lowest BCUT2D eigenvalue weighted by Gasteiger charge is -2.28. The third-order valence-electron chi connectivity index (χ3n) is 3.07. The third kappa shape index (κ3) is 2.20. The van der Waals surface area contributed by atoms with Gasteiger partial charge in [-0.2, -0.15) is 0 Å². The molecule has 0 aliphatic carbocycles. The summed E-state index contributed by atoms with van der Waals surface area (Å²) in [6.07, 6.45) is 0. The molecule has 0 atom stereocenters. The average molecular weight is 234 g/mol. The normalized spacial score (nSPS) is 17.9. The van der Waals surface area contributed by atoms with E-state index in [0.29, 0.717) is 5.56 Å². The van der Waals surface area contributed by atoms with E-state index < -0.39 is 5.97 Å². The predicted octanol–water partition coefficient (Wildman–Crippen LogP) is 2.27. The second-order valence-electron chi connectivity index (χ2n) is 5.38. The van der Waals surface area contributed by atoms with Gasteiger partial charge < -0.3 is 15.3 Å². The molecule has 1 aliphatic rings. The van der Waals surface area contributed by atoms with E-state index in [0.717, 1.165) is 24.5 Å². The fraction of sp³-hybridized carbons (Fsp3) is 0.462. The number of aromatic carboxylic acids is 1. The summed E-state index contributed by atoms with van der Waals surface area (Å²) in [6.45, 7) is 6.01. The molecule has 4 heteroatoms. The van der Waals surface area contributed by atoms with E-state index in [9.17, 15) is 9.90 Å². The van der Waals surface area contributed by atoms with E-state index >= 15 is 0 Å². The highest BCUT2D eigenvalue weighted by molar-refractivity contribution is 5.98. The van der Waals surface area contributed by atoms with E-state index in [4.69, 9.17) is 0 Å². The molecule has 0 amide bonds. The number of benzene rings is 1. The number of hydrogen-bond donors (Lipinski definition) is 2. The van der Waals surface area contributed by atoms with Crippen LogP contribution in [0.25, 0.3) is 0 Å². The van der Waals surface area contributed by atoms with Crippen molar-refractivity contribution in [1.29, 1.82) is 0 Å². The number of nitrogens with one attached hydrogen (secondary N) is 1. The Morgan fingerprint density at radius 2 is 2.18 bits per heavy atom. The van der Waals surface area contributed by atoms with Gasteiger partial charge in [0.15, 0.2) is 0 Å². The quantitative estimate of drug-likeness (QED) is 0.782. The van der Waals surface area contributed by atoms with E-state index in [-0.39, 0.29) is 5.41 Å². The first kappa shape index (κ1) is 11.8. The number of anilines is 2. The van der Waals surface area contributed by atoms with Crippen molar-refractivity contribution < 1.29 is 9.90 Å². The topological polar surface area (TPSA) is 52.6 Å². The minimum Gasteiger partial charge on any atom is -0.478 e. The number of carboxylic acids is 1. The number of fused-ring (bicyclic) bond motifs is 1. The van der Waals surface area contributed by atoms with Crippen LogP contribution in [-0.2, 0) is 0 Å². The number of carboxylic acid groups (broad SMARTS) is 1. The van der Waals surface area contributed by atoms with Crippen LogP contribution in [-0.4, -0.2) is 31.2 Å². The van der Waals surface area contributed by atoms with Crippen LogP contribution in [0.5, 0.6) is 0 Å². The molecular formula is C13H18N2O2. The van der Waals surface area contributed by atoms with E-state index in [1.54, 1.807) is 12.1 Å². The van der Waals surface area contributed by atoms with Gasteiger partial charge in [0.25, 0.3) is 0 Å². The standard InChI is InChI=1S/C13H18N2O2/c1-13(2)7-14-10-6-4-5-9(12(16)17)11(10)15(3)8-13/h4-6,14H,7-8H2,1-3H3,(H,16,17). The van der Waals surface area contributed by atoms with Gasteiger partial charge in [-0.15, -0.1) is 0 Å². The molecule has 0 fully saturated rings. The molecule has 2 N–H and O–H groups in total. The lowest BCUT2D eigenvalue weighted by molar-refractivity contribution is 0.0697. The minimum atomic E-state index is -0.879. The molecule has 0 unspecified atom stereocenters. The molecule has 1 heterocycles. The lowest BCUT2D eigenvalue weighted by atomic mass is 9.93. The van der Waals surface area contributed by atoms with Crippen LogP contribution in [0.1, 0.15) is 24.2 Å². The van der Waals surface area contributed by atoms with Gasteiger partial charge in [-0.3, -0.25) is 0 Å². The van der Waals surface area contributed by atoms with Gasteiger partial charge in [-0.1, -0.05) is 19.9 Å². The van der Waals surface area contributed by atoms with Crippen molar-refractivity contribution in [3.63, 3.8) is 0 Å². The van der Waals surface area contributed by atoms with Crippen molar-refractivity contribution in [2.45, 2.75) is 13.8 Å². The monoisotopic (exact) mass is 234 g/mol. The molecule has 0 saturated heterocycles. The summed E-state index contributed by atoms with van der Waals surface area (Å²) in [5, 5.41) is 12.6. The lowest BCUT2D eigenvalue weighted by Crippen LogP contribution is -2.33. The van der Waals surface area contributed by atoms with Gasteiger partial charge in [-0.05, 0) is 17.5 Å². The largest absolute Gasteiger partial charge is 0.478 e. The Morgan fingerprint density at radius 3 is 2.82 bits per heavy atom. The molecule has 92 valence electrons. The Bertz CT molecular complexity index is 455. The zero-order chi connectivity index (χ0) is 12.6.